The second kappa shape index (κ2) is 9.08. The van der Waals surface area contributed by atoms with Gasteiger partial charge in [0.15, 0.2) is 5.78 Å². The first kappa shape index (κ1) is 22.4. The summed E-state index contributed by atoms with van der Waals surface area (Å²) in [5.41, 5.74) is 4.93. The van der Waals surface area contributed by atoms with E-state index in [1.165, 1.54) is 30.3 Å². The molecule has 2 rings (SSSR count). The molecule has 1 aromatic heterocycles. The Kier molecular flexibility index (Phi) is 7.02. The quantitative estimate of drug-likeness (QED) is 0.614. The van der Waals surface area contributed by atoms with Gasteiger partial charge in [-0.2, -0.15) is 8.78 Å². The molecule has 0 unspecified atom stereocenters. The number of rotatable bonds is 9. The number of hydrogen-bond acceptors (Lipinski definition) is 4. The summed E-state index contributed by atoms with van der Waals surface area (Å²) in [6.45, 7) is -1.17. The van der Waals surface area contributed by atoms with Gasteiger partial charge in [0.2, 0.25) is 0 Å². The largest absolute Gasteiger partial charge is 0.388 e. The zero-order valence-corrected chi connectivity index (χ0v) is 14.9. The molecule has 0 aliphatic rings. The van der Waals surface area contributed by atoms with Crippen molar-refractivity contribution in [1.29, 1.82) is 0 Å². The van der Waals surface area contributed by atoms with Crippen LogP contribution in [0.15, 0.2) is 42.6 Å². The molecule has 2 atom stereocenters. The van der Waals surface area contributed by atoms with Crippen molar-refractivity contribution < 1.29 is 36.6 Å². The molecule has 3 N–H and O–H groups in total. The topological polar surface area (TPSA) is 93.3 Å². The number of carbonyl (C=O) groups excluding carboxylic acids is 2. The first-order chi connectivity index (χ1) is 13.6. The number of nitrogens with two attached hydrogens (primary N) is 1. The number of aliphatic hydroxyl groups excluding tert-OH is 1. The highest BCUT2D eigenvalue weighted by Gasteiger charge is 2.40. The summed E-state index contributed by atoms with van der Waals surface area (Å²) in [5, 5.41) is 10.2. The number of nitrogens with zero attached hydrogens (tertiary/aromatic N) is 1. The number of alkyl halides is 5. The van der Waals surface area contributed by atoms with Crippen LogP contribution in [0.5, 0.6) is 0 Å². The second-order valence-corrected chi connectivity index (χ2v) is 6.32. The van der Waals surface area contributed by atoms with E-state index in [0.29, 0.717) is 11.1 Å². The van der Waals surface area contributed by atoms with E-state index >= 15 is 0 Å². The number of carbonyl (C=O) groups is 2. The predicted molar refractivity (Wildman–Crippen MR) is 92.8 cm³/mol. The molecule has 0 saturated heterocycles. The van der Waals surface area contributed by atoms with E-state index in [0.717, 1.165) is 12.3 Å². The van der Waals surface area contributed by atoms with Crippen LogP contribution in [0.1, 0.15) is 23.8 Å². The Morgan fingerprint density at radius 2 is 1.66 bits per heavy atom. The predicted octanol–water partition coefficient (Wildman–Crippen LogP) is 3.17. The number of primary amides is 1. The summed E-state index contributed by atoms with van der Waals surface area (Å²) in [7, 11) is 0. The lowest BCUT2D eigenvalue weighted by molar-refractivity contribution is -0.143. The van der Waals surface area contributed by atoms with Gasteiger partial charge in [0, 0.05) is 24.1 Å². The van der Waals surface area contributed by atoms with Gasteiger partial charge in [0.05, 0.1) is 12.8 Å². The fourth-order valence-corrected chi connectivity index (χ4v) is 2.62. The Balaban J connectivity index is 2.17. The van der Waals surface area contributed by atoms with Crippen molar-refractivity contribution in [3.8, 4) is 11.1 Å². The van der Waals surface area contributed by atoms with Gasteiger partial charge in [-0.05, 0) is 17.2 Å². The van der Waals surface area contributed by atoms with Gasteiger partial charge in [-0.15, -0.1) is 0 Å². The summed E-state index contributed by atoms with van der Waals surface area (Å²) in [6, 6.07) is 7.97. The van der Waals surface area contributed by atoms with E-state index in [2.05, 4.69) is 10.7 Å². The number of pyridine rings is 1. The van der Waals surface area contributed by atoms with Crippen molar-refractivity contribution in [2.45, 2.75) is 24.9 Å². The number of ketones is 1. The smallest absolute Gasteiger partial charge is 0.365 e. The maximum atomic E-state index is 13.5. The zero-order valence-electron chi connectivity index (χ0n) is 14.9. The number of benzene rings is 1. The van der Waals surface area contributed by atoms with Gasteiger partial charge in [0.25, 0.3) is 12.3 Å². The molecular weight excluding hydrogens is 399 g/mol. The number of amides is 1. The van der Waals surface area contributed by atoms with Gasteiger partial charge >= 0.3 is 5.92 Å². The standard InChI is InChI=1S/C19H17F5N2O3/c20-8-13(7-14(27)17(21)22)16(28)11-3-1-10(2-4-11)12-5-6-15(26-9-12)19(23,24)18(25)29/h1-6,9,13,16-17,28H,7-8H2,(H2,25,29)/t13-,16-/m1/s1. The molecule has 0 radical (unpaired) electrons. The van der Waals surface area contributed by atoms with E-state index < -0.39 is 54.8 Å². The van der Waals surface area contributed by atoms with Crippen LogP contribution in [0.25, 0.3) is 11.1 Å². The number of aromatic nitrogens is 1. The van der Waals surface area contributed by atoms with Gasteiger partial charge < -0.3 is 10.8 Å². The molecule has 0 saturated carbocycles. The van der Waals surface area contributed by atoms with E-state index in [4.69, 9.17) is 0 Å². The molecule has 1 amide bonds. The molecular formula is C19H17F5N2O3. The molecule has 0 fully saturated rings. The van der Waals surface area contributed by atoms with Crippen LogP contribution >= 0.6 is 0 Å². The molecule has 1 aromatic carbocycles. The van der Waals surface area contributed by atoms with Crippen LogP contribution in [0.4, 0.5) is 22.0 Å². The van der Waals surface area contributed by atoms with Crippen molar-refractivity contribution in [2.75, 3.05) is 6.67 Å². The average molecular weight is 416 g/mol. The number of hydrogen-bond donors (Lipinski definition) is 2. The van der Waals surface area contributed by atoms with Crippen LogP contribution in [0.3, 0.4) is 0 Å². The third-order valence-electron chi connectivity index (χ3n) is 4.33. The minimum absolute atomic E-state index is 0.198. The van der Waals surface area contributed by atoms with E-state index in [1.807, 2.05) is 0 Å². The lowest BCUT2D eigenvalue weighted by Gasteiger charge is -2.20. The molecule has 1 heterocycles. The third-order valence-corrected chi connectivity index (χ3v) is 4.33. The maximum Gasteiger partial charge on any atom is 0.365 e. The fourth-order valence-electron chi connectivity index (χ4n) is 2.62. The Bertz CT molecular complexity index is 857. The van der Waals surface area contributed by atoms with E-state index in [1.54, 1.807) is 0 Å². The fraction of sp³-hybridized carbons (Fsp3) is 0.316. The highest BCUT2D eigenvalue weighted by Crippen LogP contribution is 2.30. The monoisotopic (exact) mass is 416 g/mol. The summed E-state index contributed by atoms with van der Waals surface area (Å²) < 4.78 is 64.9. The van der Waals surface area contributed by atoms with Gasteiger partial charge in [-0.25, -0.2) is 8.78 Å². The molecule has 0 aliphatic heterocycles. The SMILES string of the molecule is NC(=O)C(F)(F)c1ccc(-c2ccc([C@@H](O)[C@@H](CF)CC(=O)C(F)F)cc2)cn1. The van der Waals surface area contributed by atoms with Crippen LogP contribution in [-0.2, 0) is 15.5 Å². The number of aliphatic hydroxyl groups is 1. The molecule has 156 valence electrons. The zero-order chi connectivity index (χ0) is 21.8. The number of Topliss-reactive ketones (excluding diaryl/α,β-unsaturated/α-hetero) is 1. The molecule has 5 nitrogen and oxygen atoms in total. The van der Waals surface area contributed by atoms with E-state index in [9.17, 15) is 36.6 Å². The Labute approximate surface area is 162 Å². The van der Waals surface area contributed by atoms with Gasteiger partial charge in [-0.1, -0.05) is 30.3 Å². The van der Waals surface area contributed by atoms with Gasteiger partial charge in [-0.3, -0.25) is 19.0 Å². The lowest BCUT2D eigenvalue weighted by atomic mass is 9.91. The van der Waals surface area contributed by atoms with E-state index in [-0.39, 0.29) is 5.56 Å². The normalized spacial score (nSPS) is 13.9. The third kappa shape index (κ3) is 5.14. The van der Waals surface area contributed by atoms with Crippen LogP contribution in [0, 0.1) is 5.92 Å². The van der Waals surface area contributed by atoms with Crippen molar-refractivity contribution in [1.82, 2.24) is 4.98 Å². The molecule has 0 spiro atoms. The van der Waals surface area contributed by atoms with Crippen LogP contribution < -0.4 is 5.73 Å². The maximum absolute atomic E-state index is 13.5. The first-order valence-electron chi connectivity index (χ1n) is 8.37. The Morgan fingerprint density at radius 3 is 2.10 bits per heavy atom. The molecule has 29 heavy (non-hydrogen) atoms. The molecule has 10 heteroatoms. The molecule has 2 aromatic rings. The van der Waals surface area contributed by atoms with Crippen molar-refractivity contribution in [2.24, 2.45) is 11.7 Å². The van der Waals surface area contributed by atoms with Crippen molar-refractivity contribution in [3.05, 3.63) is 53.9 Å². The Hall–Kier alpha value is -2.88. The Morgan fingerprint density at radius 1 is 1.07 bits per heavy atom. The lowest BCUT2D eigenvalue weighted by Crippen LogP contribution is -2.33. The van der Waals surface area contributed by atoms with Crippen LogP contribution in [0.2, 0.25) is 0 Å². The number of halogens is 5. The first-order valence-corrected chi connectivity index (χ1v) is 8.37. The minimum Gasteiger partial charge on any atom is -0.388 e. The average Bonchev–Trinajstić information content (AvgIpc) is 2.71. The molecule has 0 aliphatic carbocycles. The highest BCUT2D eigenvalue weighted by molar-refractivity contribution is 5.82. The van der Waals surface area contributed by atoms with Gasteiger partial charge in [0.1, 0.15) is 5.69 Å². The molecule has 0 bridgehead atoms. The summed E-state index contributed by atoms with van der Waals surface area (Å²) >= 11 is 0. The highest BCUT2D eigenvalue weighted by atomic mass is 19.3. The summed E-state index contributed by atoms with van der Waals surface area (Å²) in [5.74, 6) is -8.52. The van der Waals surface area contributed by atoms with Crippen molar-refractivity contribution >= 4 is 11.7 Å². The summed E-state index contributed by atoms with van der Waals surface area (Å²) in [6.07, 6.45) is -4.43. The van der Waals surface area contributed by atoms with Crippen molar-refractivity contribution in [3.63, 3.8) is 0 Å². The summed E-state index contributed by atoms with van der Waals surface area (Å²) in [4.78, 5) is 25.4. The minimum atomic E-state index is -3.91. The second-order valence-electron chi connectivity index (χ2n) is 6.32. The van der Waals surface area contributed by atoms with Crippen LogP contribution in [-0.4, -0.2) is 34.9 Å².